The van der Waals surface area contributed by atoms with Gasteiger partial charge in [0.15, 0.2) is 5.11 Å². The molecule has 0 aromatic carbocycles. The molecule has 0 atom stereocenters. The molecule has 1 aromatic heterocycles. The average molecular weight is 189 g/mol. The van der Waals surface area contributed by atoms with Gasteiger partial charge in [-0.25, -0.2) is 0 Å². The van der Waals surface area contributed by atoms with Gasteiger partial charge in [-0.1, -0.05) is 11.3 Å². The molecule has 0 radical (unpaired) electrons. The summed E-state index contributed by atoms with van der Waals surface area (Å²) in [5.74, 6) is 0. The number of H-pyrrole nitrogens is 1. The molecule has 6 heteroatoms. The van der Waals surface area contributed by atoms with Crippen molar-refractivity contribution < 1.29 is 0 Å². The number of rotatable bonds is 2. The Kier molecular flexibility index (Phi) is 2.61. The van der Waals surface area contributed by atoms with Gasteiger partial charge in [0, 0.05) is 11.1 Å². The van der Waals surface area contributed by atoms with Gasteiger partial charge in [-0.05, 0) is 12.2 Å². The van der Waals surface area contributed by atoms with Crippen LogP contribution in [0.5, 0.6) is 0 Å². The summed E-state index contributed by atoms with van der Waals surface area (Å²) in [6.45, 7) is 0.480. The van der Waals surface area contributed by atoms with Gasteiger partial charge in [-0.2, -0.15) is 0 Å². The molecule has 11 heavy (non-hydrogen) atoms. The van der Waals surface area contributed by atoms with E-state index < -0.39 is 0 Å². The van der Waals surface area contributed by atoms with Crippen LogP contribution >= 0.6 is 23.6 Å². The lowest BCUT2D eigenvalue weighted by molar-refractivity contribution is 0.884. The maximum Gasteiger partial charge on any atom is 0.304 e. The Morgan fingerprint density at radius 1 is 1.91 bits per heavy atom. The normalized spacial score (nSPS) is 9.45. The van der Waals surface area contributed by atoms with Crippen molar-refractivity contribution in [3.8, 4) is 0 Å². The second-order valence-electron chi connectivity index (χ2n) is 1.89. The highest BCUT2D eigenvalue weighted by molar-refractivity contribution is 7.80. The third-order valence-corrected chi connectivity index (χ3v) is 1.89. The summed E-state index contributed by atoms with van der Waals surface area (Å²) in [4.78, 5) is 13.2. The first kappa shape index (κ1) is 8.22. The molecule has 0 spiro atoms. The van der Waals surface area contributed by atoms with E-state index in [1.165, 1.54) is 0 Å². The van der Waals surface area contributed by atoms with Crippen LogP contribution in [-0.4, -0.2) is 10.1 Å². The molecular formula is C5H7N3OS2. The molecule has 0 saturated carbocycles. The number of hydrogen-bond donors (Lipinski definition) is 3. The summed E-state index contributed by atoms with van der Waals surface area (Å²) < 4.78 is 0. The molecule has 0 unspecified atom stereocenters. The largest absolute Gasteiger partial charge is 0.376 e. The van der Waals surface area contributed by atoms with Crippen molar-refractivity contribution in [2.45, 2.75) is 6.54 Å². The minimum Gasteiger partial charge on any atom is -0.376 e. The molecule has 1 rings (SSSR count). The fourth-order valence-electron chi connectivity index (χ4n) is 0.583. The standard InChI is InChI=1S/C5H7N3OS2/c6-4(10)7-1-3-2-11-5(9)8-3/h2H,1H2,(H,8,9)(H3,6,7,10). The lowest BCUT2D eigenvalue weighted by Crippen LogP contribution is -2.28. The van der Waals surface area contributed by atoms with Gasteiger partial charge >= 0.3 is 4.87 Å². The second kappa shape index (κ2) is 3.49. The van der Waals surface area contributed by atoms with E-state index in [1.54, 1.807) is 5.38 Å². The number of nitrogens with two attached hydrogens (primary N) is 1. The molecular weight excluding hydrogens is 182 g/mol. The summed E-state index contributed by atoms with van der Waals surface area (Å²) in [5.41, 5.74) is 5.98. The molecule has 0 fully saturated rings. The van der Waals surface area contributed by atoms with Crippen molar-refractivity contribution in [2.24, 2.45) is 5.73 Å². The summed E-state index contributed by atoms with van der Waals surface area (Å²) in [6, 6.07) is 0. The van der Waals surface area contributed by atoms with E-state index in [1.807, 2.05) is 0 Å². The minimum atomic E-state index is -0.0651. The fourth-order valence-corrected chi connectivity index (χ4v) is 1.24. The van der Waals surface area contributed by atoms with Crippen LogP contribution in [0.2, 0.25) is 0 Å². The Labute approximate surface area is 72.4 Å². The predicted octanol–water partition coefficient (Wildman–Crippen LogP) is -0.230. The highest BCUT2D eigenvalue weighted by atomic mass is 32.1. The van der Waals surface area contributed by atoms with Gasteiger partial charge < -0.3 is 16.0 Å². The molecule has 60 valence electrons. The van der Waals surface area contributed by atoms with Crippen LogP contribution in [-0.2, 0) is 6.54 Å². The Balaban J connectivity index is 2.51. The summed E-state index contributed by atoms with van der Waals surface area (Å²) >= 11 is 5.70. The quantitative estimate of drug-likeness (QED) is 0.562. The van der Waals surface area contributed by atoms with E-state index in [4.69, 9.17) is 5.73 Å². The molecule has 0 amide bonds. The van der Waals surface area contributed by atoms with Gasteiger partial charge in [0.1, 0.15) is 0 Å². The first-order chi connectivity index (χ1) is 5.18. The molecule has 0 aliphatic carbocycles. The molecule has 0 aliphatic rings. The number of nitrogens with one attached hydrogen (secondary N) is 2. The van der Waals surface area contributed by atoms with Crippen LogP contribution in [0, 0.1) is 0 Å². The van der Waals surface area contributed by atoms with Crippen molar-refractivity contribution in [3.63, 3.8) is 0 Å². The van der Waals surface area contributed by atoms with Crippen molar-refractivity contribution >= 4 is 28.7 Å². The smallest absolute Gasteiger partial charge is 0.304 e. The van der Waals surface area contributed by atoms with E-state index >= 15 is 0 Å². The monoisotopic (exact) mass is 189 g/mol. The molecule has 0 saturated heterocycles. The maximum absolute atomic E-state index is 10.6. The average Bonchev–Trinajstić information content (AvgIpc) is 2.31. The van der Waals surface area contributed by atoms with Crippen molar-refractivity contribution in [3.05, 3.63) is 20.7 Å². The van der Waals surface area contributed by atoms with Crippen LogP contribution in [0.3, 0.4) is 0 Å². The maximum atomic E-state index is 10.6. The fraction of sp³-hybridized carbons (Fsp3) is 0.200. The van der Waals surface area contributed by atoms with Gasteiger partial charge in [0.2, 0.25) is 0 Å². The molecule has 4 nitrogen and oxygen atoms in total. The predicted molar refractivity (Wildman–Crippen MR) is 48.6 cm³/mol. The van der Waals surface area contributed by atoms with Crippen LogP contribution in [0.25, 0.3) is 0 Å². The number of aromatic nitrogens is 1. The van der Waals surface area contributed by atoms with Gasteiger partial charge in [0.25, 0.3) is 0 Å². The van der Waals surface area contributed by atoms with E-state index in [0.717, 1.165) is 17.0 Å². The van der Waals surface area contributed by atoms with E-state index in [2.05, 4.69) is 22.5 Å². The SMILES string of the molecule is NC(=S)NCc1csc(=O)[nH]1. The van der Waals surface area contributed by atoms with Crippen LogP contribution < -0.4 is 15.9 Å². The zero-order chi connectivity index (χ0) is 8.27. The van der Waals surface area contributed by atoms with Crippen LogP contribution in [0.1, 0.15) is 5.69 Å². The Morgan fingerprint density at radius 3 is 3.09 bits per heavy atom. The summed E-state index contributed by atoms with van der Waals surface area (Å²) in [7, 11) is 0. The number of aromatic amines is 1. The highest BCUT2D eigenvalue weighted by Crippen LogP contribution is 1.93. The molecule has 4 N–H and O–H groups in total. The number of hydrogen-bond acceptors (Lipinski definition) is 3. The third-order valence-electron chi connectivity index (χ3n) is 1.02. The molecule has 0 aliphatic heterocycles. The van der Waals surface area contributed by atoms with Crippen molar-refractivity contribution in [1.29, 1.82) is 0 Å². The summed E-state index contributed by atoms with van der Waals surface area (Å²) in [6.07, 6.45) is 0. The number of thiazole rings is 1. The first-order valence-electron chi connectivity index (χ1n) is 2.88. The molecule has 1 aromatic rings. The molecule has 1 heterocycles. The Morgan fingerprint density at radius 2 is 2.64 bits per heavy atom. The van der Waals surface area contributed by atoms with Gasteiger partial charge in [-0.3, -0.25) is 4.79 Å². The Bertz CT molecular complexity index is 303. The van der Waals surface area contributed by atoms with Crippen LogP contribution in [0.4, 0.5) is 0 Å². The van der Waals surface area contributed by atoms with E-state index in [9.17, 15) is 4.79 Å². The van der Waals surface area contributed by atoms with Crippen molar-refractivity contribution in [1.82, 2.24) is 10.3 Å². The zero-order valence-electron chi connectivity index (χ0n) is 5.59. The van der Waals surface area contributed by atoms with E-state index in [-0.39, 0.29) is 9.99 Å². The van der Waals surface area contributed by atoms with Crippen LogP contribution in [0.15, 0.2) is 10.2 Å². The van der Waals surface area contributed by atoms with E-state index in [0.29, 0.717) is 6.54 Å². The minimum absolute atomic E-state index is 0.0651. The number of thiocarbonyl (C=S) groups is 1. The topological polar surface area (TPSA) is 70.9 Å². The zero-order valence-corrected chi connectivity index (χ0v) is 7.22. The lowest BCUT2D eigenvalue weighted by Gasteiger charge is -1.98. The lowest BCUT2D eigenvalue weighted by atomic mass is 10.5. The summed E-state index contributed by atoms with van der Waals surface area (Å²) in [5, 5.41) is 4.68. The Hall–Kier alpha value is -0.880. The molecule has 0 bridgehead atoms. The highest BCUT2D eigenvalue weighted by Gasteiger charge is 1.94. The third kappa shape index (κ3) is 2.69. The van der Waals surface area contributed by atoms with Crippen molar-refractivity contribution in [2.75, 3.05) is 0 Å². The van der Waals surface area contributed by atoms with Gasteiger partial charge in [0.05, 0.1) is 6.54 Å². The van der Waals surface area contributed by atoms with Gasteiger partial charge in [-0.15, -0.1) is 0 Å². The first-order valence-corrected chi connectivity index (χ1v) is 4.17. The second-order valence-corrected chi connectivity index (χ2v) is 3.17.